The average Bonchev–Trinajstić information content (AvgIpc) is 2.21. The smallest absolute Gasteiger partial charge is 0.265 e. The van der Waals surface area contributed by atoms with Crippen molar-refractivity contribution < 1.29 is 4.74 Å². The van der Waals surface area contributed by atoms with Gasteiger partial charge in [-0.2, -0.15) is 0 Å². The zero-order chi connectivity index (χ0) is 13.2. The summed E-state index contributed by atoms with van der Waals surface area (Å²) in [6.45, 7) is 8.74. The van der Waals surface area contributed by atoms with Crippen molar-refractivity contribution in [2.45, 2.75) is 39.8 Å². The summed E-state index contributed by atoms with van der Waals surface area (Å²) < 4.78 is 7.67. The molecule has 0 aliphatic heterocycles. The lowest BCUT2D eigenvalue weighted by atomic mass is 10.2. The van der Waals surface area contributed by atoms with Crippen LogP contribution in [0.3, 0.4) is 0 Å². The Kier molecular flexibility index (Phi) is 4.38. The number of halogens is 1. The second-order valence-electron chi connectivity index (χ2n) is 4.98. The van der Waals surface area contributed by atoms with Gasteiger partial charge in [0.2, 0.25) is 0 Å². The Hall–Kier alpha value is -0.810. The van der Waals surface area contributed by atoms with Gasteiger partial charge < -0.3 is 15.0 Å². The normalized spacial score (nSPS) is 11.8. The second kappa shape index (κ2) is 5.23. The van der Waals surface area contributed by atoms with E-state index in [0.717, 1.165) is 5.56 Å². The van der Waals surface area contributed by atoms with E-state index in [-0.39, 0.29) is 11.2 Å². The molecule has 1 heterocycles. The molecule has 4 nitrogen and oxygen atoms in total. The molecule has 0 unspecified atom stereocenters. The maximum absolute atomic E-state index is 11.9. The molecule has 0 aliphatic rings. The van der Waals surface area contributed by atoms with E-state index >= 15 is 0 Å². The number of ether oxygens (including phenoxy) is 1. The van der Waals surface area contributed by atoms with Crippen LogP contribution < -0.4 is 11.3 Å². The number of hydrogen-bond acceptors (Lipinski definition) is 3. The Labute approximate surface area is 110 Å². The van der Waals surface area contributed by atoms with Crippen molar-refractivity contribution in [2.75, 3.05) is 12.3 Å². The summed E-state index contributed by atoms with van der Waals surface area (Å²) in [5.74, 6) is 0. The van der Waals surface area contributed by atoms with Gasteiger partial charge in [-0.15, -0.1) is 0 Å². The number of anilines is 1. The molecular weight excluding hydrogens is 284 g/mol. The number of nitrogen functional groups attached to an aromatic ring is 1. The molecule has 0 fully saturated rings. The summed E-state index contributed by atoms with van der Waals surface area (Å²) in [4.78, 5) is 11.9. The topological polar surface area (TPSA) is 57.2 Å². The van der Waals surface area contributed by atoms with Gasteiger partial charge in [0.25, 0.3) is 5.56 Å². The summed E-state index contributed by atoms with van der Waals surface area (Å²) in [7, 11) is 0. The van der Waals surface area contributed by atoms with E-state index in [9.17, 15) is 4.79 Å². The highest BCUT2D eigenvalue weighted by molar-refractivity contribution is 9.10. The van der Waals surface area contributed by atoms with Crippen molar-refractivity contribution >= 4 is 21.6 Å². The van der Waals surface area contributed by atoms with Crippen LogP contribution in [0.15, 0.2) is 15.5 Å². The molecule has 0 aliphatic carbocycles. The summed E-state index contributed by atoms with van der Waals surface area (Å²) in [6, 6.07) is 0. The van der Waals surface area contributed by atoms with Crippen LogP contribution in [0.2, 0.25) is 0 Å². The number of pyridine rings is 1. The Balaban J connectivity index is 2.83. The fourth-order valence-electron chi connectivity index (χ4n) is 1.35. The van der Waals surface area contributed by atoms with E-state index in [0.29, 0.717) is 23.3 Å². The lowest BCUT2D eigenvalue weighted by Gasteiger charge is -2.20. The average molecular weight is 303 g/mol. The number of nitrogens with zero attached hydrogens (tertiary/aromatic N) is 1. The first kappa shape index (κ1) is 14.3. The van der Waals surface area contributed by atoms with E-state index in [4.69, 9.17) is 10.5 Å². The van der Waals surface area contributed by atoms with Crippen molar-refractivity contribution in [3.05, 3.63) is 26.6 Å². The predicted octanol–water partition coefficient (Wildman–Crippen LogP) is 2.32. The highest BCUT2D eigenvalue weighted by Crippen LogP contribution is 2.17. The van der Waals surface area contributed by atoms with Crippen LogP contribution in [0.5, 0.6) is 0 Å². The van der Waals surface area contributed by atoms with Crippen LogP contribution in [0.1, 0.15) is 26.3 Å². The minimum absolute atomic E-state index is 0.0748. The maximum atomic E-state index is 11.9. The zero-order valence-corrected chi connectivity index (χ0v) is 12.3. The third kappa shape index (κ3) is 3.85. The van der Waals surface area contributed by atoms with Crippen LogP contribution in [-0.2, 0) is 11.3 Å². The van der Waals surface area contributed by atoms with E-state index in [1.54, 1.807) is 10.8 Å². The molecule has 0 saturated carbocycles. The Morgan fingerprint density at radius 2 is 2.06 bits per heavy atom. The quantitative estimate of drug-likeness (QED) is 0.932. The first-order valence-electron chi connectivity index (χ1n) is 5.51. The summed E-state index contributed by atoms with van der Waals surface area (Å²) in [5.41, 5.74) is 6.93. The van der Waals surface area contributed by atoms with Crippen molar-refractivity contribution in [3.8, 4) is 0 Å². The highest BCUT2D eigenvalue weighted by atomic mass is 79.9. The molecule has 0 bridgehead atoms. The lowest BCUT2D eigenvalue weighted by molar-refractivity contribution is -0.00713. The first-order valence-corrected chi connectivity index (χ1v) is 6.30. The van der Waals surface area contributed by atoms with Crippen LogP contribution in [0.25, 0.3) is 0 Å². The Morgan fingerprint density at radius 3 is 2.59 bits per heavy atom. The summed E-state index contributed by atoms with van der Waals surface area (Å²) in [5, 5.41) is 0. The molecule has 5 heteroatoms. The molecule has 1 rings (SSSR count). The summed E-state index contributed by atoms with van der Waals surface area (Å²) in [6.07, 6.45) is 1.66. The van der Waals surface area contributed by atoms with Crippen molar-refractivity contribution in [3.63, 3.8) is 0 Å². The molecule has 0 radical (unpaired) electrons. The second-order valence-corrected chi connectivity index (χ2v) is 5.78. The van der Waals surface area contributed by atoms with Gasteiger partial charge >= 0.3 is 0 Å². The summed E-state index contributed by atoms with van der Waals surface area (Å²) >= 11 is 3.26. The predicted molar refractivity (Wildman–Crippen MR) is 73.3 cm³/mol. The fraction of sp³-hybridized carbons (Fsp3) is 0.583. The molecule has 0 spiro atoms. The van der Waals surface area contributed by atoms with Gasteiger partial charge in [-0.1, -0.05) is 0 Å². The molecule has 96 valence electrons. The molecule has 0 amide bonds. The first-order chi connectivity index (χ1) is 7.72. The third-order valence-corrected chi connectivity index (χ3v) is 3.31. The minimum Gasteiger partial charge on any atom is -0.397 e. The van der Waals surface area contributed by atoms with Crippen LogP contribution in [0.4, 0.5) is 5.69 Å². The van der Waals surface area contributed by atoms with Gasteiger partial charge in [-0.05, 0) is 49.2 Å². The third-order valence-electron chi connectivity index (χ3n) is 2.37. The molecule has 1 aromatic heterocycles. The zero-order valence-electron chi connectivity index (χ0n) is 10.7. The van der Waals surface area contributed by atoms with Gasteiger partial charge in [-0.3, -0.25) is 4.79 Å². The largest absolute Gasteiger partial charge is 0.397 e. The molecule has 0 saturated heterocycles. The van der Waals surface area contributed by atoms with Crippen LogP contribution in [0, 0.1) is 6.92 Å². The number of rotatable bonds is 3. The van der Waals surface area contributed by atoms with E-state index in [1.165, 1.54) is 0 Å². The molecule has 0 atom stereocenters. The van der Waals surface area contributed by atoms with Gasteiger partial charge in [0.05, 0.1) is 22.4 Å². The van der Waals surface area contributed by atoms with E-state index in [2.05, 4.69) is 15.9 Å². The number of aromatic nitrogens is 1. The molecule has 17 heavy (non-hydrogen) atoms. The lowest BCUT2D eigenvalue weighted by Crippen LogP contribution is -2.27. The van der Waals surface area contributed by atoms with E-state index < -0.39 is 0 Å². The van der Waals surface area contributed by atoms with Crippen molar-refractivity contribution in [1.29, 1.82) is 0 Å². The van der Waals surface area contributed by atoms with Crippen molar-refractivity contribution in [1.82, 2.24) is 4.57 Å². The molecular formula is C12H19BrN2O2. The number of hydrogen-bond donors (Lipinski definition) is 1. The van der Waals surface area contributed by atoms with E-state index in [1.807, 2.05) is 27.7 Å². The fourth-order valence-corrected chi connectivity index (χ4v) is 1.81. The maximum Gasteiger partial charge on any atom is 0.265 e. The van der Waals surface area contributed by atoms with Gasteiger partial charge in [0, 0.05) is 12.7 Å². The van der Waals surface area contributed by atoms with Gasteiger partial charge in [0.15, 0.2) is 0 Å². The number of nitrogens with two attached hydrogens (primary N) is 1. The monoisotopic (exact) mass is 302 g/mol. The standard InChI is InChI=1S/C12H19BrN2O2/c1-8-9(14)7-15(11(16)10(8)13)5-6-17-12(2,3)4/h7H,5-6,14H2,1-4H3. The molecule has 1 aromatic rings. The highest BCUT2D eigenvalue weighted by Gasteiger charge is 2.11. The van der Waals surface area contributed by atoms with Crippen molar-refractivity contribution in [2.24, 2.45) is 0 Å². The van der Waals surface area contributed by atoms with Crippen LogP contribution in [-0.4, -0.2) is 16.8 Å². The Bertz CT molecular complexity index is 461. The van der Waals surface area contributed by atoms with Gasteiger partial charge in [-0.25, -0.2) is 0 Å². The molecule has 0 aromatic carbocycles. The van der Waals surface area contributed by atoms with Crippen LogP contribution >= 0.6 is 15.9 Å². The SMILES string of the molecule is Cc1c(N)cn(CCOC(C)(C)C)c(=O)c1Br. The minimum atomic E-state index is -0.197. The Morgan fingerprint density at radius 1 is 1.47 bits per heavy atom. The molecule has 2 N–H and O–H groups in total. The van der Waals surface area contributed by atoms with Gasteiger partial charge in [0.1, 0.15) is 0 Å².